The first-order valence-electron chi connectivity index (χ1n) is 6.98. The Bertz CT molecular complexity index is 495. The van der Waals surface area contributed by atoms with Crippen LogP contribution in [0.4, 0.5) is 5.82 Å². The van der Waals surface area contributed by atoms with Crippen molar-refractivity contribution in [1.29, 1.82) is 0 Å². The molecule has 0 aromatic carbocycles. The summed E-state index contributed by atoms with van der Waals surface area (Å²) in [5.74, 6) is -0.272. The molecule has 3 N–H and O–H groups in total. The molecule has 0 unspecified atom stereocenters. The Hall–Kier alpha value is -2.16. The van der Waals surface area contributed by atoms with Crippen molar-refractivity contribution in [3.63, 3.8) is 0 Å². The molecule has 1 fully saturated rings. The highest BCUT2D eigenvalue weighted by Gasteiger charge is 2.26. The summed E-state index contributed by atoms with van der Waals surface area (Å²) in [5.41, 5.74) is 5.56. The largest absolute Gasteiger partial charge is 0.379 e. The molecule has 0 radical (unpaired) electrons. The molecule has 2 heterocycles. The second-order valence-corrected chi connectivity index (χ2v) is 4.92. The summed E-state index contributed by atoms with van der Waals surface area (Å²) < 4.78 is 4.43. The lowest BCUT2D eigenvalue weighted by Crippen LogP contribution is -2.51. The van der Waals surface area contributed by atoms with E-state index in [2.05, 4.69) is 20.3 Å². The van der Waals surface area contributed by atoms with Gasteiger partial charge in [-0.15, -0.1) is 0 Å². The molecule has 0 spiro atoms. The zero-order chi connectivity index (χ0) is 15.2. The lowest BCUT2D eigenvalue weighted by molar-refractivity contribution is -0.122. The molecule has 1 aromatic rings. The summed E-state index contributed by atoms with van der Waals surface area (Å²) in [6.45, 7) is 5.37. The second-order valence-electron chi connectivity index (χ2n) is 4.92. The first kappa shape index (κ1) is 15.2. The van der Waals surface area contributed by atoms with Crippen molar-refractivity contribution in [2.45, 2.75) is 13.3 Å². The van der Waals surface area contributed by atoms with E-state index >= 15 is 0 Å². The molecule has 0 atom stereocenters. The molecular formula is C12H20N6O3. The van der Waals surface area contributed by atoms with E-state index in [0.717, 1.165) is 6.42 Å². The Morgan fingerprint density at radius 3 is 2.57 bits per heavy atom. The number of hydrogen-bond donors (Lipinski definition) is 2. The lowest BCUT2D eigenvalue weighted by Gasteiger charge is -2.33. The maximum Gasteiger partial charge on any atom is 0.280 e. The Labute approximate surface area is 122 Å². The van der Waals surface area contributed by atoms with E-state index in [1.165, 1.54) is 0 Å². The number of rotatable bonds is 5. The number of carbonyl (C=O) groups is 2. The summed E-state index contributed by atoms with van der Waals surface area (Å²) in [4.78, 5) is 27.4. The fourth-order valence-corrected chi connectivity index (χ4v) is 2.13. The SMILES string of the molecule is CCCNC(=O)CN1CCN(C(=O)c2nonc2N)CC1. The molecule has 1 saturated heterocycles. The van der Waals surface area contributed by atoms with Gasteiger partial charge >= 0.3 is 0 Å². The van der Waals surface area contributed by atoms with E-state index < -0.39 is 0 Å². The fourth-order valence-electron chi connectivity index (χ4n) is 2.13. The molecule has 2 amide bonds. The molecule has 116 valence electrons. The van der Waals surface area contributed by atoms with E-state index in [1.807, 2.05) is 11.8 Å². The van der Waals surface area contributed by atoms with Crippen LogP contribution >= 0.6 is 0 Å². The Morgan fingerprint density at radius 1 is 1.29 bits per heavy atom. The van der Waals surface area contributed by atoms with Gasteiger partial charge in [-0.2, -0.15) is 0 Å². The van der Waals surface area contributed by atoms with Crippen LogP contribution in [0.5, 0.6) is 0 Å². The quantitative estimate of drug-likeness (QED) is 0.710. The van der Waals surface area contributed by atoms with Crippen LogP contribution in [0, 0.1) is 0 Å². The zero-order valence-corrected chi connectivity index (χ0v) is 12.0. The predicted octanol–water partition coefficient (Wildman–Crippen LogP) is -1.06. The summed E-state index contributed by atoms with van der Waals surface area (Å²) in [6, 6.07) is 0. The van der Waals surface area contributed by atoms with E-state index in [-0.39, 0.29) is 23.3 Å². The van der Waals surface area contributed by atoms with Gasteiger partial charge < -0.3 is 16.0 Å². The van der Waals surface area contributed by atoms with Crippen LogP contribution in [-0.4, -0.2) is 71.2 Å². The van der Waals surface area contributed by atoms with Gasteiger partial charge in [-0.25, -0.2) is 4.63 Å². The smallest absolute Gasteiger partial charge is 0.280 e. The Kier molecular flexibility index (Phi) is 5.09. The maximum atomic E-state index is 12.1. The molecule has 21 heavy (non-hydrogen) atoms. The highest BCUT2D eigenvalue weighted by molar-refractivity contribution is 5.96. The topological polar surface area (TPSA) is 118 Å². The van der Waals surface area contributed by atoms with Crippen LogP contribution in [0.1, 0.15) is 23.8 Å². The third-order valence-electron chi connectivity index (χ3n) is 3.32. The van der Waals surface area contributed by atoms with Crippen LogP contribution in [0.15, 0.2) is 4.63 Å². The number of nitrogens with one attached hydrogen (secondary N) is 1. The monoisotopic (exact) mass is 296 g/mol. The van der Waals surface area contributed by atoms with Crippen LogP contribution in [0.3, 0.4) is 0 Å². The number of nitrogens with two attached hydrogens (primary N) is 1. The first-order chi connectivity index (χ1) is 10.1. The van der Waals surface area contributed by atoms with Gasteiger partial charge in [0, 0.05) is 32.7 Å². The number of hydrogen-bond acceptors (Lipinski definition) is 7. The van der Waals surface area contributed by atoms with E-state index in [9.17, 15) is 9.59 Å². The molecule has 0 saturated carbocycles. The molecular weight excluding hydrogens is 276 g/mol. The van der Waals surface area contributed by atoms with Gasteiger partial charge in [0.15, 0.2) is 0 Å². The van der Waals surface area contributed by atoms with Gasteiger partial charge in [-0.1, -0.05) is 6.92 Å². The minimum Gasteiger partial charge on any atom is -0.379 e. The predicted molar refractivity (Wildman–Crippen MR) is 74.4 cm³/mol. The van der Waals surface area contributed by atoms with Gasteiger partial charge in [0.1, 0.15) is 0 Å². The van der Waals surface area contributed by atoms with Gasteiger partial charge in [0.2, 0.25) is 17.4 Å². The van der Waals surface area contributed by atoms with E-state index in [4.69, 9.17) is 5.73 Å². The third-order valence-corrected chi connectivity index (χ3v) is 3.32. The number of nitrogen functional groups attached to an aromatic ring is 1. The maximum absolute atomic E-state index is 12.1. The Balaban J connectivity index is 1.79. The van der Waals surface area contributed by atoms with Crippen molar-refractivity contribution in [2.75, 3.05) is 45.0 Å². The van der Waals surface area contributed by atoms with E-state index in [1.54, 1.807) is 4.90 Å². The van der Waals surface area contributed by atoms with Crippen molar-refractivity contribution >= 4 is 17.6 Å². The number of piperazine rings is 1. The van der Waals surface area contributed by atoms with Gasteiger partial charge in [0.25, 0.3) is 5.91 Å². The van der Waals surface area contributed by atoms with Crippen molar-refractivity contribution in [3.8, 4) is 0 Å². The summed E-state index contributed by atoms with van der Waals surface area (Å²) in [7, 11) is 0. The van der Waals surface area contributed by atoms with Crippen LogP contribution < -0.4 is 11.1 Å². The third kappa shape index (κ3) is 3.91. The van der Waals surface area contributed by atoms with Crippen LogP contribution in [0.25, 0.3) is 0 Å². The average molecular weight is 296 g/mol. The first-order valence-corrected chi connectivity index (χ1v) is 6.98. The van der Waals surface area contributed by atoms with Crippen LogP contribution in [0.2, 0.25) is 0 Å². The fraction of sp³-hybridized carbons (Fsp3) is 0.667. The van der Waals surface area contributed by atoms with Crippen LogP contribution in [-0.2, 0) is 4.79 Å². The van der Waals surface area contributed by atoms with Crippen molar-refractivity contribution in [1.82, 2.24) is 25.4 Å². The number of anilines is 1. The minimum absolute atomic E-state index is 0.00127. The summed E-state index contributed by atoms with van der Waals surface area (Å²) in [5, 5.41) is 9.74. The number of nitrogens with zero attached hydrogens (tertiary/aromatic N) is 4. The molecule has 1 aliphatic heterocycles. The van der Waals surface area contributed by atoms with E-state index in [0.29, 0.717) is 39.3 Å². The van der Waals surface area contributed by atoms with Crippen molar-refractivity contribution in [2.24, 2.45) is 0 Å². The molecule has 0 aliphatic carbocycles. The van der Waals surface area contributed by atoms with Gasteiger partial charge in [-0.05, 0) is 16.7 Å². The minimum atomic E-state index is -0.288. The van der Waals surface area contributed by atoms with Gasteiger partial charge in [0.05, 0.1) is 6.54 Å². The van der Waals surface area contributed by atoms with Crippen molar-refractivity contribution in [3.05, 3.63) is 5.69 Å². The molecule has 0 bridgehead atoms. The second kappa shape index (κ2) is 7.02. The molecule has 2 rings (SSSR count). The van der Waals surface area contributed by atoms with Gasteiger partial charge in [-0.3, -0.25) is 14.5 Å². The van der Waals surface area contributed by atoms with Crippen molar-refractivity contribution < 1.29 is 14.2 Å². The highest BCUT2D eigenvalue weighted by atomic mass is 16.6. The number of carbonyl (C=O) groups excluding carboxylic acids is 2. The number of aromatic nitrogens is 2. The zero-order valence-electron chi connectivity index (χ0n) is 12.0. The molecule has 9 heteroatoms. The lowest BCUT2D eigenvalue weighted by atomic mass is 10.2. The highest BCUT2D eigenvalue weighted by Crippen LogP contribution is 2.11. The molecule has 1 aliphatic rings. The Morgan fingerprint density at radius 2 is 2.00 bits per heavy atom. The summed E-state index contributed by atoms with van der Waals surface area (Å²) >= 11 is 0. The average Bonchev–Trinajstić information content (AvgIpc) is 2.91. The number of amides is 2. The molecule has 9 nitrogen and oxygen atoms in total. The normalized spacial score (nSPS) is 16.0. The standard InChI is InChI=1S/C12H20N6O3/c1-2-3-14-9(19)8-17-4-6-18(7-5-17)12(20)10-11(13)16-21-15-10/h2-8H2,1H3,(H2,13,16)(H,14,19). The summed E-state index contributed by atoms with van der Waals surface area (Å²) in [6.07, 6.45) is 0.918. The molecule has 1 aromatic heterocycles.